The molecule has 0 spiro atoms. The number of aryl methyl sites for hydroxylation is 1. The summed E-state index contributed by atoms with van der Waals surface area (Å²) < 4.78 is 64.0. The zero-order chi connectivity index (χ0) is 34.2. The smallest absolute Gasteiger partial charge is 0.232 e. The number of aldehydes is 1. The van der Waals surface area contributed by atoms with Crippen LogP contribution in [0.25, 0.3) is 55.8 Å². The molecule has 0 amide bonds. The van der Waals surface area contributed by atoms with Crippen molar-refractivity contribution in [1.29, 1.82) is 0 Å². The molecule has 2 aromatic carbocycles. The molecule has 0 saturated carbocycles. The maximum Gasteiger partial charge on any atom is 0.232 e. The van der Waals surface area contributed by atoms with Crippen molar-refractivity contribution < 1.29 is 26.4 Å². The molecule has 1 saturated heterocycles. The van der Waals surface area contributed by atoms with Gasteiger partial charge in [-0.3, -0.25) is 19.0 Å². The highest BCUT2D eigenvalue weighted by molar-refractivity contribution is 7.92. The van der Waals surface area contributed by atoms with Gasteiger partial charge in [0.25, 0.3) is 0 Å². The molecule has 4 aromatic heterocycles. The second-order valence-corrected chi connectivity index (χ2v) is 15.0. The topological polar surface area (TPSA) is 102 Å². The number of alkyl halides is 1. The number of likely N-dealkylation sites (tertiary alicyclic amines) is 1. The summed E-state index contributed by atoms with van der Waals surface area (Å²) in [4.78, 5) is 24.1. The van der Waals surface area contributed by atoms with Crippen LogP contribution in [0, 0.1) is 12.7 Å². The molecule has 2 aliphatic heterocycles. The van der Waals surface area contributed by atoms with Gasteiger partial charge in [0.2, 0.25) is 10.0 Å². The van der Waals surface area contributed by atoms with Gasteiger partial charge in [-0.05, 0) is 67.8 Å². The van der Waals surface area contributed by atoms with Crippen molar-refractivity contribution in [2.24, 2.45) is 0 Å². The van der Waals surface area contributed by atoms with Gasteiger partial charge >= 0.3 is 0 Å². The van der Waals surface area contributed by atoms with Crippen molar-refractivity contribution in [2.45, 2.75) is 32.0 Å². The summed E-state index contributed by atoms with van der Waals surface area (Å²) >= 11 is 0. The van der Waals surface area contributed by atoms with Crippen molar-refractivity contribution in [2.75, 3.05) is 37.2 Å². The van der Waals surface area contributed by atoms with Gasteiger partial charge in [0.15, 0.2) is 6.29 Å². The van der Waals surface area contributed by atoms with E-state index in [1.807, 2.05) is 43.3 Å². The zero-order valence-electron chi connectivity index (χ0n) is 27.2. The molecule has 8 rings (SSSR count). The van der Waals surface area contributed by atoms with Crippen LogP contribution in [0.2, 0.25) is 0 Å². The molecular formula is C37H33F2N5O4S. The summed E-state index contributed by atoms with van der Waals surface area (Å²) in [5, 5.41) is 0.991. The molecule has 0 bridgehead atoms. The monoisotopic (exact) mass is 681 g/mol. The zero-order valence-corrected chi connectivity index (χ0v) is 28.0. The van der Waals surface area contributed by atoms with Gasteiger partial charge < -0.3 is 8.98 Å². The second-order valence-electron chi connectivity index (χ2n) is 13.0. The first kappa shape index (κ1) is 31.3. The number of hydrogen-bond acceptors (Lipinski definition) is 7. The van der Waals surface area contributed by atoms with Gasteiger partial charge in [-0.15, -0.1) is 0 Å². The lowest BCUT2D eigenvalue weighted by atomic mass is 9.94. The number of sulfonamides is 1. The number of rotatable bonds is 8. The van der Waals surface area contributed by atoms with Crippen LogP contribution < -0.4 is 4.31 Å². The molecule has 9 nitrogen and oxygen atoms in total. The van der Waals surface area contributed by atoms with Crippen molar-refractivity contribution >= 4 is 43.9 Å². The first-order valence-electron chi connectivity index (χ1n) is 16.1. The first-order chi connectivity index (χ1) is 23.5. The minimum absolute atomic E-state index is 0.00662. The summed E-state index contributed by atoms with van der Waals surface area (Å²) in [6.07, 6.45) is 4.09. The largest absolute Gasteiger partial charge is 0.455 e. The van der Waals surface area contributed by atoms with E-state index in [1.54, 1.807) is 24.4 Å². The molecule has 1 unspecified atom stereocenters. The fourth-order valence-electron chi connectivity index (χ4n) is 7.14. The molecule has 1 fully saturated rings. The number of carbonyl (C=O) groups excluding carboxylic acids is 1. The number of benzene rings is 2. The molecule has 6 aromatic rings. The number of aromatic nitrogens is 3. The summed E-state index contributed by atoms with van der Waals surface area (Å²) in [6.45, 7) is 3.46. The number of fused-ring (bicyclic) bond motifs is 6. The molecule has 49 heavy (non-hydrogen) atoms. The van der Waals surface area contributed by atoms with E-state index in [2.05, 4.69) is 14.5 Å². The first-order valence-corrected chi connectivity index (χ1v) is 17.9. The lowest BCUT2D eigenvalue weighted by molar-refractivity contribution is 0.0611. The Hall–Kier alpha value is -4.94. The summed E-state index contributed by atoms with van der Waals surface area (Å²) in [7, 11) is -2.26. The van der Waals surface area contributed by atoms with Crippen LogP contribution in [0.1, 0.15) is 34.1 Å². The van der Waals surface area contributed by atoms with Crippen molar-refractivity contribution in [3.05, 3.63) is 89.5 Å². The number of hydrogen-bond donors (Lipinski definition) is 0. The Balaban J connectivity index is 1.29. The Labute approximate surface area is 281 Å². The molecule has 250 valence electrons. The van der Waals surface area contributed by atoms with E-state index in [0.717, 1.165) is 48.0 Å². The molecular weight excluding hydrogens is 649 g/mol. The predicted octanol–water partition coefficient (Wildman–Crippen LogP) is 6.98. The van der Waals surface area contributed by atoms with Crippen LogP contribution in [-0.4, -0.2) is 73.2 Å². The Kier molecular flexibility index (Phi) is 7.41. The van der Waals surface area contributed by atoms with Crippen LogP contribution in [-0.2, 0) is 16.4 Å². The Morgan fingerprint density at radius 1 is 1.08 bits per heavy atom. The second kappa shape index (κ2) is 11.6. The van der Waals surface area contributed by atoms with Crippen LogP contribution in [0.5, 0.6) is 0 Å². The standard InChI is InChI=1S/C37H33F2N5O4S/c1-21-7-8-23(17-40-21)37-29(20-45)26-14-28(33(16-35(26)48-37)42(2)49(3,46)47)31-10-9-22-13-25(11-12-43-18-24(38)19-43)44-32-6-4-5-30(39)27(32)15-34(44)36(22)41-31/h4-10,14-17,20,24-25H,11-13,18-19H2,1-3H3. The molecule has 0 radical (unpaired) electrons. The molecule has 2 aliphatic rings. The molecule has 0 N–H and O–H groups in total. The van der Waals surface area contributed by atoms with E-state index in [1.165, 1.54) is 17.4 Å². The number of carbonyl (C=O) groups is 1. The maximum absolute atomic E-state index is 15.2. The summed E-state index contributed by atoms with van der Waals surface area (Å²) in [5.74, 6) is 0.00109. The van der Waals surface area contributed by atoms with Gasteiger partial charge in [-0.2, -0.15) is 0 Å². The van der Waals surface area contributed by atoms with E-state index >= 15 is 4.39 Å². The van der Waals surface area contributed by atoms with E-state index in [-0.39, 0.29) is 11.9 Å². The predicted molar refractivity (Wildman–Crippen MR) is 186 cm³/mol. The fourth-order valence-corrected chi connectivity index (χ4v) is 7.65. The highest BCUT2D eigenvalue weighted by atomic mass is 32.2. The van der Waals surface area contributed by atoms with Crippen LogP contribution in [0.4, 0.5) is 14.5 Å². The summed E-state index contributed by atoms with van der Waals surface area (Å²) in [5.41, 5.74) is 6.51. The van der Waals surface area contributed by atoms with Crippen molar-refractivity contribution in [3.63, 3.8) is 0 Å². The van der Waals surface area contributed by atoms with Crippen LogP contribution in [0.3, 0.4) is 0 Å². The normalized spacial score (nSPS) is 16.5. The average molecular weight is 682 g/mol. The summed E-state index contributed by atoms with van der Waals surface area (Å²) in [6, 6.07) is 17.7. The third-order valence-electron chi connectivity index (χ3n) is 9.81. The van der Waals surface area contributed by atoms with Gasteiger partial charge in [0.05, 0.1) is 40.1 Å². The number of halogens is 2. The van der Waals surface area contributed by atoms with E-state index < -0.39 is 16.2 Å². The van der Waals surface area contributed by atoms with Gasteiger partial charge in [0.1, 0.15) is 23.3 Å². The minimum atomic E-state index is -3.72. The lowest BCUT2D eigenvalue weighted by Gasteiger charge is -2.36. The van der Waals surface area contributed by atoms with Gasteiger partial charge in [-0.25, -0.2) is 22.2 Å². The van der Waals surface area contributed by atoms with Crippen molar-refractivity contribution in [3.8, 4) is 34.0 Å². The SMILES string of the molecule is Cc1ccc(-c2oc3cc(N(C)S(C)(=O)=O)c(-c4ccc5c(n4)-c4cc6c(F)cccc6n4C(CCN4CC(F)C4)C5)cc3c2C=O)cn1. The Morgan fingerprint density at radius 2 is 1.90 bits per heavy atom. The number of pyridine rings is 2. The lowest BCUT2D eigenvalue weighted by Crippen LogP contribution is -2.48. The molecule has 0 aliphatic carbocycles. The quantitative estimate of drug-likeness (QED) is 0.160. The van der Waals surface area contributed by atoms with E-state index in [4.69, 9.17) is 9.40 Å². The molecule has 6 heterocycles. The van der Waals surface area contributed by atoms with Crippen molar-refractivity contribution in [1.82, 2.24) is 19.4 Å². The minimum Gasteiger partial charge on any atom is -0.455 e. The number of nitrogens with zero attached hydrogens (tertiary/aromatic N) is 5. The van der Waals surface area contributed by atoms with Gasteiger partial charge in [-0.1, -0.05) is 12.1 Å². The molecule has 1 atom stereocenters. The average Bonchev–Trinajstić information content (AvgIpc) is 3.64. The number of furan rings is 1. The van der Waals surface area contributed by atoms with E-state index in [9.17, 15) is 17.6 Å². The highest BCUT2D eigenvalue weighted by Gasteiger charge is 2.32. The number of anilines is 1. The maximum atomic E-state index is 15.2. The van der Waals surface area contributed by atoms with Crippen LogP contribution >= 0.6 is 0 Å². The molecule has 12 heteroatoms. The van der Waals surface area contributed by atoms with E-state index in [0.29, 0.717) is 75.4 Å². The third kappa shape index (κ3) is 5.30. The third-order valence-corrected chi connectivity index (χ3v) is 11.0. The Morgan fingerprint density at radius 3 is 2.61 bits per heavy atom. The highest BCUT2D eigenvalue weighted by Crippen LogP contribution is 2.44. The van der Waals surface area contributed by atoms with Crippen LogP contribution in [0.15, 0.2) is 71.3 Å². The fraction of sp³-hybridized carbons (Fsp3) is 0.270. The Bertz CT molecular complexity index is 2400. The van der Waals surface area contributed by atoms with Gasteiger partial charge in [0, 0.05) is 72.6 Å².